The van der Waals surface area contributed by atoms with E-state index in [1.165, 1.54) is 0 Å². The van der Waals surface area contributed by atoms with Gasteiger partial charge in [-0.05, 0) is 24.6 Å². The Balaban J connectivity index is 2.14. The fourth-order valence-corrected chi connectivity index (χ4v) is 2.76. The molecule has 2 rings (SSSR count). The molecule has 0 aliphatic rings. The molecule has 0 spiro atoms. The number of hydrogen-bond acceptors (Lipinski definition) is 4. The van der Waals surface area contributed by atoms with E-state index in [2.05, 4.69) is 9.97 Å². The van der Waals surface area contributed by atoms with E-state index in [1.807, 2.05) is 31.2 Å². The highest BCUT2D eigenvalue weighted by atomic mass is 35.5. The first kappa shape index (κ1) is 14.0. The number of rotatable bonds is 4. The van der Waals surface area contributed by atoms with Crippen molar-refractivity contribution in [1.29, 1.82) is 0 Å². The number of nitrogens with zero attached hydrogens (tertiary/aromatic N) is 1. The van der Waals surface area contributed by atoms with Gasteiger partial charge in [0.15, 0.2) is 0 Å². The molecule has 0 aliphatic carbocycles. The van der Waals surface area contributed by atoms with E-state index < -0.39 is 0 Å². The van der Waals surface area contributed by atoms with Crippen LogP contribution in [0.3, 0.4) is 0 Å². The smallest absolute Gasteiger partial charge is 0.256 e. The minimum Gasteiger partial charge on any atom is -0.383 e. The van der Waals surface area contributed by atoms with Crippen LogP contribution in [0.2, 0.25) is 5.02 Å². The molecule has 3 N–H and O–H groups in total. The fraction of sp³-hybridized carbons (Fsp3) is 0.231. The standard InChI is InChI=1S/C13H14ClN3OS/c1-2-10-12(15)16-11(17-13(10)18)7-19-9-5-3-4-8(14)6-9/h3-6H,2,7H2,1H3,(H3,15,16,17,18). The Bertz CT molecular complexity index is 642. The minimum absolute atomic E-state index is 0.156. The number of thioether (sulfide) groups is 1. The lowest BCUT2D eigenvalue weighted by Crippen LogP contribution is -2.18. The summed E-state index contributed by atoms with van der Waals surface area (Å²) in [5.74, 6) is 1.43. The van der Waals surface area contributed by atoms with Crippen LogP contribution in [0.4, 0.5) is 5.82 Å². The highest BCUT2D eigenvalue weighted by Gasteiger charge is 2.07. The van der Waals surface area contributed by atoms with E-state index in [9.17, 15) is 4.79 Å². The van der Waals surface area contributed by atoms with Gasteiger partial charge in [-0.1, -0.05) is 24.6 Å². The van der Waals surface area contributed by atoms with Crippen LogP contribution in [-0.4, -0.2) is 9.97 Å². The molecule has 0 unspecified atom stereocenters. The summed E-state index contributed by atoms with van der Waals surface area (Å²) in [6, 6.07) is 7.53. The van der Waals surface area contributed by atoms with Crippen LogP contribution in [0.25, 0.3) is 0 Å². The zero-order chi connectivity index (χ0) is 13.8. The molecule has 0 bridgehead atoms. The van der Waals surface area contributed by atoms with Crippen LogP contribution in [0.15, 0.2) is 34.0 Å². The monoisotopic (exact) mass is 295 g/mol. The Labute approximate surface area is 120 Å². The fourth-order valence-electron chi connectivity index (χ4n) is 1.68. The molecule has 19 heavy (non-hydrogen) atoms. The molecule has 1 aromatic carbocycles. The molecular weight excluding hydrogens is 282 g/mol. The SMILES string of the molecule is CCc1c(N)nc(CSc2cccc(Cl)c2)[nH]c1=O. The molecule has 0 atom stereocenters. The Morgan fingerprint density at radius 2 is 2.26 bits per heavy atom. The number of nitrogens with two attached hydrogens (primary N) is 1. The molecule has 0 saturated carbocycles. The topological polar surface area (TPSA) is 71.8 Å². The normalized spacial score (nSPS) is 10.6. The van der Waals surface area contributed by atoms with Crippen molar-refractivity contribution in [2.24, 2.45) is 0 Å². The summed E-state index contributed by atoms with van der Waals surface area (Å²) in [7, 11) is 0. The first-order chi connectivity index (χ1) is 9.10. The number of nitrogen functional groups attached to an aromatic ring is 1. The van der Waals surface area contributed by atoms with Gasteiger partial charge in [0.2, 0.25) is 0 Å². The van der Waals surface area contributed by atoms with Gasteiger partial charge in [0.25, 0.3) is 5.56 Å². The average molecular weight is 296 g/mol. The van der Waals surface area contributed by atoms with Crippen molar-refractivity contribution in [3.8, 4) is 0 Å². The highest BCUT2D eigenvalue weighted by molar-refractivity contribution is 7.98. The van der Waals surface area contributed by atoms with Gasteiger partial charge in [-0.2, -0.15) is 0 Å². The quantitative estimate of drug-likeness (QED) is 0.851. The Hall–Kier alpha value is -1.46. The van der Waals surface area contributed by atoms with Crippen LogP contribution in [-0.2, 0) is 12.2 Å². The Morgan fingerprint density at radius 3 is 2.89 bits per heavy atom. The molecule has 1 heterocycles. The van der Waals surface area contributed by atoms with Crippen LogP contribution in [0, 0.1) is 0 Å². The molecule has 6 heteroatoms. The summed E-state index contributed by atoms with van der Waals surface area (Å²) < 4.78 is 0. The molecule has 4 nitrogen and oxygen atoms in total. The number of benzene rings is 1. The van der Waals surface area contributed by atoms with Crippen molar-refractivity contribution in [3.63, 3.8) is 0 Å². The van der Waals surface area contributed by atoms with Gasteiger partial charge in [0, 0.05) is 9.92 Å². The van der Waals surface area contributed by atoms with Crippen molar-refractivity contribution in [1.82, 2.24) is 9.97 Å². The summed E-state index contributed by atoms with van der Waals surface area (Å²) in [6.07, 6.45) is 0.579. The van der Waals surface area contributed by atoms with Crippen molar-refractivity contribution < 1.29 is 0 Å². The zero-order valence-electron chi connectivity index (χ0n) is 10.4. The number of H-pyrrole nitrogens is 1. The molecule has 100 valence electrons. The molecule has 0 amide bonds. The molecule has 0 radical (unpaired) electrons. The molecule has 0 saturated heterocycles. The highest BCUT2D eigenvalue weighted by Crippen LogP contribution is 2.24. The molecule has 2 aromatic rings. The number of aromatic nitrogens is 2. The summed E-state index contributed by atoms with van der Waals surface area (Å²) in [5, 5.41) is 0.687. The lowest BCUT2D eigenvalue weighted by atomic mass is 10.2. The van der Waals surface area contributed by atoms with Gasteiger partial charge in [-0.25, -0.2) is 4.98 Å². The Kier molecular flexibility index (Phi) is 4.50. The van der Waals surface area contributed by atoms with Crippen molar-refractivity contribution in [3.05, 3.63) is 51.0 Å². The van der Waals surface area contributed by atoms with Crippen LogP contribution in [0.5, 0.6) is 0 Å². The average Bonchev–Trinajstić information content (AvgIpc) is 2.36. The number of nitrogens with one attached hydrogen (secondary N) is 1. The third-order valence-corrected chi connectivity index (χ3v) is 3.86. The van der Waals surface area contributed by atoms with E-state index in [-0.39, 0.29) is 5.56 Å². The van der Waals surface area contributed by atoms with Gasteiger partial charge in [-0.15, -0.1) is 11.8 Å². The van der Waals surface area contributed by atoms with Crippen LogP contribution in [0.1, 0.15) is 18.3 Å². The second-order valence-corrected chi connectivity index (χ2v) is 5.46. The maximum atomic E-state index is 11.8. The number of hydrogen-bond donors (Lipinski definition) is 2. The number of aromatic amines is 1. The third-order valence-electron chi connectivity index (χ3n) is 2.62. The summed E-state index contributed by atoms with van der Waals surface area (Å²) in [6.45, 7) is 1.88. The van der Waals surface area contributed by atoms with E-state index in [0.717, 1.165) is 4.90 Å². The van der Waals surface area contributed by atoms with Gasteiger partial charge < -0.3 is 10.7 Å². The second kappa shape index (κ2) is 6.12. The van der Waals surface area contributed by atoms with E-state index in [0.29, 0.717) is 34.4 Å². The van der Waals surface area contributed by atoms with Gasteiger partial charge in [0.05, 0.1) is 11.3 Å². The third kappa shape index (κ3) is 3.52. The Morgan fingerprint density at radius 1 is 1.47 bits per heavy atom. The lowest BCUT2D eigenvalue weighted by molar-refractivity contribution is 0.953. The summed E-state index contributed by atoms with van der Waals surface area (Å²) >= 11 is 7.46. The number of halogens is 1. The second-order valence-electron chi connectivity index (χ2n) is 3.98. The van der Waals surface area contributed by atoms with Crippen molar-refractivity contribution in [2.45, 2.75) is 24.0 Å². The first-order valence-corrected chi connectivity index (χ1v) is 7.22. The van der Waals surface area contributed by atoms with Crippen LogP contribution >= 0.6 is 23.4 Å². The maximum absolute atomic E-state index is 11.8. The van der Waals surface area contributed by atoms with Gasteiger partial charge in [-0.3, -0.25) is 4.79 Å². The predicted molar refractivity (Wildman–Crippen MR) is 79.7 cm³/mol. The predicted octanol–water partition coefficient (Wildman–Crippen LogP) is 2.86. The summed E-state index contributed by atoms with van der Waals surface area (Å²) in [4.78, 5) is 19.7. The zero-order valence-corrected chi connectivity index (χ0v) is 12.0. The lowest BCUT2D eigenvalue weighted by Gasteiger charge is -2.05. The number of anilines is 1. The summed E-state index contributed by atoms with van der Waals surface area (Å²) in [5.41, 5.74) is 6.15. The minimum atomic E-state index is -0.156. The molecule has 0 aliphatic heterocycles. The van der Waals surface area contributed by atoms with Crippen molar-refractivity contribution in [2.75, 3.05) is 5.73 Å². The van der Waals surface area contributed by atoms with Gasteiger partial charge >= 0.3 is 0 Å². The van der Waals surface area contributed by atoms with Gasteiger partial charge in [0.1, 0.15) is 11.6 Å². The van der Waals surface area contributed by atoms with Crippen molar-refractivity contribution >= 4 is 29.2 Å². The van der Waals surface area contributed by atoms with E-state index in [4.69, 9.17) is 17.3 Å². The molecular formula is C13H14ClN3OS. The first-order valence-electron chi connectivity index (χ1n) is 5.86. The largest absolute Gasteiger partial charge is 0.383 e. The molecule has 0 fully saturated rings. The molecule has 1 aromatic heterocycles. The van der Waals surface area contributed by atoms with E-state index in [1.54, 1.807) is 11.8 Å². The van der Waals surface area contributed by atoms with Crippen LogP contribution < -0.4 is 11.3 Å². The maximum Gasteiger partial charge on any atom is 0.256 e. The van der Waals surface area contributed by atoms with E-state index >= 15 is 0 Å².